The van der Waals surface area contributed by atoms with Crippen molar-refractivity contribution in [2.45, 2.75) is 19.0 Å². The first kappa shape index (κ1) is 6.78. The topological polar surface area (TPSA) is 24.1 Å². The SMILES string of the molecule is C=C[C@H]1CNC[C@@H](C)N1. The first-order valence-corrected chi connectivity index (χ1v) is 3.42. The second kappa shape index (κ2) is 2.99. The van der Waals surface area contributed by atoms with Gasteiger partial charge in [-0.3, -0.25) is 0 Å². The monoisotopic (exact) mass is 126 g/mol. The van der Waals surface area contributed by atoms with E-state index in [9.17, 15) is 0 Å². The highest BCUT2D eigenvalue weighted by molar-refractivity contribution is 4.92. The molecule has 0 radical (unpaired) electrons. The molecule has 0 amide bonds. The second-order valence-electron chi connectivity index (χ2n) is 2.57. The molecule has 1 aliphatic heterocycles. The van der Waals surface area contributed by atoms with Crippen LogP contribution in [0.1, 0.15) is 6.92 Å². The van der Waals surface area contributed by atoms with Gasteiger partial charge in [-0.05, 0) is 6.92 Å². The van der Waals surface area contributed by atoms with Crippen molar-refractivity contribution in [1.82, 2.24) is 10.6 Å². The molecule has 2 nitrogen and oxygen atoms in total. The lowest BCUT2D eigenvalue weighted by Crippen LogP contribution is -2.52. The molecule has 0 aromatic heterocycles. The Bertz CT molecular complexity index is 101. The lowest BCUT2D eigenvalue weighted by Gasteiger charge is -2.27. The Balaban J connectivity index is 2.31. The number of hydrogen-bond donors (Lipinski definition) is 2. The van der Waals surface area contributed by atoms with Crippen LogP contribution in [0.5, 0.6) is 0 Å². The fraction of sp³-hybridized carbons (Fsp3) is 0.714. The van der Waals surface area contributed by atoms with Crippen molar-refractivity contribution in [3.8, 4) is 0 Å². The highest BCUT2D eigenvalue weighted by atomic mass is 15.1. The van der Waals surface area contributed by atoms with Gasteiger partial charge in [0.1, 0.15) is 0 Å². The smallest absolute Gasteiger partial charge is 0.0376 e. The van der Waals surface area contributed by atoms with Crippen molar-refractivity contribution < 1.29 is 0 Å². The molecule has 0 bridgehead atoms. The average molecular weight is 126 g/mol. The van der Waals surface area contributed by atoms with Gasteiger partial charge in [-0.1, -0.05) is 6.08 Å². The van der Waals surface area contributed by atoms with E-state index in [2.05, 4.69) is 24.1 Å². The predicted octanol–water partition coefficient (Wildman–Crippen LogP) is 0.122. The van der Waals surface area contributed by atoms with Crippen molar-refractivity contribution in [2.24, 2.45) is 0 Å². The summed E-state index contributed by atoms with van der Waals surface area (Å²) in [6.07, 6.45) is 1.95. The number of nitrogens with one attached hydrogen (secondary N) is 2. The molecule has 0 aromatic rings. The summed E-state index contributed by atoms with van der Waals surface area (Å²) in [6, 6.07) is 1.05. The minimum Gasteiger partial charge on any atom is -0.313 e. The van der Waals surface area contributed by atoms with Crippen LogP contribution in [-0.4, -0.2) is 25.2 Å². The molecule has 2 atom stereocenters. The minimum absolute atomic E-state index is 0.466. The highest BCUT2D eigenvalue weighted by Gasteiger charge is 2.12. The summed E-state index contributed by atoms with van der Waals surface area (Å²) in [5.41, 5.74) is 0. The Labute approximate surface area is 56.3 Å². The van der Waals surface area contributed by atoms with Gasteiger partial charge in [0.05, 0.1) is 0 Å². The van der Waals surface area contributed by atoms with Crippen molar-refractivity contribution >= 4 is 0 Å². The normalized spacial score (nSPS) is 36.1. The van der Waals surface area contributed by atoms with E-state index in [4.69, 9.17) is 0 Å². The quantitative estimate of drug-likeness (QED) is 0.488. The van der Waals surface area contributed by atoms with E-state index in [1.165, 1.54) is 0 Å². The average Bonchev–Trinajstić information content (AvgIpc) is 1.88. The number of piperazine rings is 1. The highest BCUT2D eigenvalue weighted by Crippen LogP contribution is 1.92. The summed E-state index contributed by atoms with van der Waals surface area (Å²) in [4.78, 5) is 0. The van der Waals surface area contributed by atoms with Crippen LogP contribution in [0.3, 0.4) is 0 Å². The lowest BCUT2D eigenvalue weighted by atomic mass is 10.2. The summed E-state index contributed by atoms with van der Waals surface area (Å²) in [5.74, 6) is 0. The molecule has 2 heteroatoms. The summed E-state index contributed by atoms with van der Waals surface area (Å²) in [7, 11) is 0. The molecule has 1 heterocycles. The summed E-state index contributed by atoms with van der Waals surface area (Å²) in [5, 5.41) is 6.69. The summed E-state index contributed by atoms with van der Waals surface area (Å²) < 4.78 is 0. The van der Waals surface area contributed by atoms with Crippen LogP contribution in [0.2, 0.25) is 0 Å². The van der Waals surface area contributed by atoms with E-state index < -0.39 is 0 Å². The maximum Gasteiger partial charge on any atom is 0.0376 e. The maximum atomic E-state index is 3.72. The van der Waals surface area contributed by atoms with E-state index in [-0.39, 0.29) is 0 Å². The zero-order valence-corrected chi connectivity index (χ0v) is 5.85. The third-order valence-corrected chi connectivity index (χ3v) is 1.60. The Hall–Kier alpha value is -0.340. The van der Waals surface area contributed by atoms with Crippen molar-refractivity contribution in [3.63, 3.8) is 0 Å². The van der Waals surface area contributed by atoms with Gasteiger partial charge in [0, 0.05) is 25.2 Å². The molecule has 0 aromatic carbocycles. The molecule has 0 saturated carbocycles. The molecule has 1 aliphatic rings. The maximum absolute atomic E-state index is 3.72. The molecule has 0 unspecified atom stereocenters. The summed E-state index contributed by atoms with van der Waals surface area (Å²) >= 11 is 0. The van der Waals surface area contributed by atoms with Gasteiger partial charge in [-0.2, -0.15) is 0 Å². The molecule has 0 aliphatic carbocycles. The first-order valence-electron chi connectivity index (χ1n) is 3.42. The van der Waals surface area contributed by atoms with Gasteiger partial charge in [0.2, 0.25) is 0 Å². The summed E-state index contributed by atoms with van der Waals surface area (Å²) in [6.45, 7) is 7.98. The molecule has 0 spiro atoms. The third-order valence-electron chi connectivity index (χ3n) is 1.60. The molecule has 2 N–H and O–H groups in total. The van der Waals surface area contributed by atoms with Crippen LogP contribution in [0, 0.1) is 0 Å². The first-order chi connectivity index (χ1) is 4.33. The van der Waals surface area contributed by atoms with E-state index in [1.807, 2.05) is 6.08 Å². The zero-order valence-electron chi connectivity index (χ0n) is 5.85. The van der Waals surface area contributed by atoms with Gasteiger partial charge in [0.25, 0.3) is 0 Å². The Morgan fingerprint density at radius 3 is 2.78 bits per heavy atom. The minimum atomic E-state index is 0.466. The zero-order chi connectivity index (χ0) is 6.69. The molecule has 9 heavy (non-hydrogen) atoms. The van der Waals surface area contributed by atoms with Crippen LogP contribution in [0.25, 0.3) is 0 Å². The Kier molecular flexibility index (Phi) is 2.25. The van der Waals surface area contributed by atoms with Crippen molar-refractivity contribution in [3.05, 3.63) is 12.7 Å². The second-order valence-corrected chi connectivity index (χ2v) is 2.57. The van der Waals surface area contributed by atoms with Gasteiger partial charge < -0.3 is 10.6 Å². The van der Waals surface area contributed by atoms with Crippen LogP contribution in [-0.2, 0) is 0 Å². The van der Waals surface area contributed by atoms with Gasteiger partial charge >= 0.3 is 0 Å². The third kappa shape index (κ3) is 1.80. The van der Waals surface area contributed by atoms with Gasteiger partial charge in [0.15, 0.2) is 0 Å². The number of rotatable bonds is 1. The molecule has 1 fully saturated rings. The molecule has 52 valence electrons. The van der Waals surface area contributed by atoms with E-state index >= 15 is 0 Å². The molecular weight excluding hydrogens is 112 g/mol. The van der Waals surface area contributed by atoms with Gasteiger partial charge in [-0.15, -0.1) is 6.58 Å². The standard InChI is InChI=1S/C7H14N2/c1-3-7-5-8-4-6(2)9-7/h3,6-9H,1,4-5H2,2H3/t6-,7+/m1/s1. The molecular formula is C7H14N2. The molecule has 1 saturated heterocycles. The fourth-order valence-corrected chi connectivity index (χ4v) is 1.09. The van der Waals surface area contributed by atoms with Crippen LogP contribution in [0.15, 0.2) is 12.7 Å². The predicted molar refractivity (Wildman–Crippen MR) is 39.5 cm³/mol. The van der Waals surface area contributed by atoms with Gasteiger partial charge in [-0.25, -0.2) is 0 Å². The van der Waals surface area contributed by atoms with Crippen molar-refractivity contribution in [2.75, 3.05) is 13.1 Å². The van der Waals surface area contributed by atoms with Crippen LogP contribution < -0.4 is 10.6 Å². The van der Waals surface area contributed by atoms with E-state index in [1.54, 1.807) is 0 Å². The van der Waals surface area contributed by atoms with Crippen LogP contribution >= 0.6 is 0 Å². The van der Waals surface area contributed by atoms with E-state index in [0.717, 1.165) is 13.1 Å². The molecule has 1 rings (SSSR count). The lowest BCUT2D eigenvalue weighted by molar-refractivity contribution is 0.393. The number of hydrogen-bond acceptors (Lipinski definition) is 2. The van der Waals surface area contributed by atoms with Crippen molar-refractivity contribution in [1.29, 1.82) is 0 Å². The van der Waals surface area contributed by atoms with E-state index in [0.29, 0.717) is 12.1 Å². The Morgan fingerprint density at radius 1 is 1.56 bits per heavy atom. The largest absolute Gasteiger partial charge is 0.313 e. The fourth-order valence-electron chi connectivity index (χ4n) is 1.09. The van der Waals surface area contributed by atoms with Crippen LogP contribution in [0.4, 0.5) is 0 Å². The Morgan fingerprint density at radius 2 is 2.33 bits per heavy atom.